The zero-order valence-electron chi connectivity index (χ0n) is 23.4. The van der Waals surface area contributed by atoms with Crippen LogP contribution in [0.25, 0.3) is 11.3 Å². The second-order valence-electron chi connectivity index (χ2n) is 9.04. The molecule has 0 unspecified atom stereocenters. The summed E-state index contributed by atoms with van der Waals surface area (Å²) in [6, 6.07) is 23.0. The van der Waals surface area contributed by atoms with Gasteiger partial charge in [0.15, 0.2) is 0 Å². The summed E-state index contributed by atoms with van der Waals surface area (Å²) in [5, 5.41) is 3.94. The predicted molar refractivity (Wildman–Crippen MR) is 159 cm³/mol. The Labute approximate surface area is 244 Å². The van der Waals surface area contributed by atoms with E-state index in [0.717, 1.165) is 15.4 Å². The monoisotopic (exact) mass is 589 g/mol. The van der Waals surface area contributed by atoms with Crippen LogP contribution in [0.15, 0.2) is 99.3 Å². The third-order valence-electron chi connectivity index (χ3n) is 6.02. The Morgan fingerprint density at radius 3 is 2.24 bits per heavy atom. The van der Waals surface area contributed by atoms with Crippen LogP contribution in [0, 0.1) is 6.92 Å². The molecule has 1 aromatic heterocycles. The predicted octanol–water partition coefficient (Wildman–Crippen LogP) is 5.18. The molecular weight excluding hydrogens is 558 g/mol. The Kier molecular flexibility index (Phi) is 9.77. The maximum Gasteiger partial charge on any atom is 0.338 e. The molecule has 0 aliphatic carbocycles. The average molecular weight is 590 g/mol. The first-order valence-corrected chi connectivity index (χ1v) is 14.7. The first-order chi connectivity index (χ1) is 20.2. The molecule has 0 saturated carbocycles. The fourth-order valence-electron chi connectivity index (χ4n) is 3.92. The highest BCUT2D eigenvalue weighted by Gasteiger charge is 2.27. The first kappa shape index (κ1) is 30.1. The fraction of sp³-hybridized carbons (Fsp3) is 0.194. The highest BCUT2D eigenvalue weighted by Crippen LogP contribution is 2.26. The number of hydrogen-bond donors (Lipinski definition) is 1. The first-order valence-electron chi connectivity index (χ1n) is 13.2. The molecule has 1 heterocycles. The average Bonchev–Trinajstić information content (AvgIpc) is 3.46. The molecular formula is C31H31N3O7S. The number of aryl methyl sites for hydroxylation is 1. The molecule has 10 nitrogen and oxygen atoms in total. The Balaban J connectivity index is 1.46. The minimum Gasteiger partial charge on any atom is -0.494 e. The number of carbonyl (C=O) groups excluding carboxylic acids is 2. The summed E-state index contributed by atoms with van der Waals surface area (Å²) in [7, 11) is -4.08. The molecule has 3 aromatic carbocycles. The van der Waals surface area contributed by atoms with Gasteiger partial charge in [0, 0.05) is 5.56 Å². The van der Waals surface area contributed by atoms with Gasteiger partial charge in [-0.15, -0.1) is 0 Å². The van der Waals surface area contributed by atoms with E-state index in [1.54, 1.807) is 79.7 Å². The number of ether oxygens (including phenoxy) is 2. The van der Waals surface area contributed by atoms with Crippen molar-refractivity contribution < 1.29 is 31.9 Å². The summed E-state index contributed by atoms with van der Waals surface area (Å²) < 4.78 is 44.3. The lowest BCUT2D eigenvalue weighted by atomic mass is 10.1. The third-order valence-corrected chi connectivity index (χ3v) is 7.81. The summed E-state index contributed by atoms with van der Waals surface area (Å²) in [6.07, 6.45) is 1.31. The molecule has 1 N–H and O–H groups in total. The number of hydrazone groups is 1. The van der Waals surface area contributed by atoms with Crippen molar-refractivity contribution in [3.8, 4) is 17.1 Å². The van der Waals surface area contributed by atoms with Crippen molar-refractivity contribution in [2.24, 2.45) is 5.10 Å². The van der Waals surface area contributed by atoms with Crippen molar-refractivity contribution in [3.05, 3.63) is 102 Å². The van der Waals surface area contributed by atoms with Gasteiger partial charge in [0.1, 0.15) is 23.8 Å². The highest BCUT2D eigenvalue weighted by molar-refractivity contribution is 7.92. The lowest BCUT2D eigenvalue weighted by Gasteiger charge is -2.24. The van der Waals surface area contributed by atoms with E-state index in [1.165, 1.54) is 18.3 Å². The number of amides is 1. The van der Waals surface area contributed by atoms with E-state index in [-0.39, 0.29) is 4.90 Å². The van der Waals surface area contributed by atoms with Crippen LogP contribution in [0.2, 0.25) is 0 Å². The van der Waals surface area contributed by atoms with E-state index in [1.807, 2.05) is 13.8 Å². The molecule has 0 aliphatic rings. The molecule has 0 atom stereocenters. The van der Waals surface area contributed by atoms with E-state index in [9.17, 15) is 18.0 Å². The van der Waals surface area contributed by atoms with Crippen LogP contribution in [0.5, 0.6) is 5.75 Å². The summed E-state index contributed by atoms with van der Waals surface area (Å²) in [5.74, 6) is 0.409. The second-order valence-corrected chi connectivity index (χ2v) is 10.9. The largest absolute Gasteiger partial charge is 0.494 e. The lowest BCUT2D eigenvalue weighted by Crippen LogP contribution is -2.39. The van der Waals surface area contributed by atoms with Gasteiger partial charge in [-0.25, -0.2) is 18.6 Å². The highest BCUT2D eigenvalue weighted by atomic mass is 32.2. The van der Waals surface area contributed by atoms with Gasteiger partial charge < -0.3 is 13.9 Å². The normalized spacial score (nSPS) is 11.3. The van der Waals surface area contributed by atoms with E-state index in [4.69, 9.17) is 13.9 Å². The summed E-state index contributed by atoms with van der Waals surface area (Å²) >= 11 is 0. The zero-order valence-corrected chi connectivity index (χ0v) is 24.3. The summed E-state index contributed by atoms with van der Waals surface area (Å²) in [4.78, 5) is 24.8. The number of esters is 1. The minimum atomic E-state index is -4.08. The van der Waals surface area contributed by atoms with Crippen LogP contribution in [-0.4, -0.2) is 46.3 Å². The van der Waals surface area contributed by atoms with Crippen molar-refractivity contribution in [1.29, 1.82) is 0 Å². The maximum atomic E-state index is 13.5. The smallest absolute Gasteiger partial charge is 0.338 e. The number of nitrogens with zero attached hydrogens (tertiary/aromatic N) is 2. The SMILES string of the molecule is CCOC(=O)c1ccc(-c2ccc(/C=N\NC(=O)CN(c3ccc(OCC)cc3)S(=O)(=O)c3ccc(C)cc3)o2)cc1. The quantitative estimate of drug-likeness (QED) is 0.137. The molecule has 4 aromatic rings. The number of sulfonamides is 1. The number of anilines is 1. The topological polar surface area (TPSA) is 128 Å². The molecule has 0 spiro atoms. The van der Waals surface area contributed by atoms with E-state index < -0.39 is 28.4 Å². The van der Waals surface area contributed by atoms with Crippen molar-refractivity contribution in [3.63, 3.8) is 0 Å². The number of furan rings is 1. The van der Waals surface area contributed by atoms with Gasteiger partial charge in [-0.05, 0) is 81.4 Å². The number of nitrogens with one attached hydrogen (secondary N) is 1. The second kappa shape index (κ2) is 13.6. The maximum absolute atomic E-state index is 13.5. The van der Waals surface area contributed by atoms with Gasteiger partial charge in [-0.2, -0.15) is 5.10 Å². The standard InChI is InChI=1S/C31H31N3O7S/c1-4-39-26-14-12-25(13-15-26)34(42(37,38)28-17-6-22(3)7-18-28)21-30(35)33-32-20-27-16-19-29(41-27)23-8-10-24(11-9-23)31(36)40-5-2/h6-20H,4-5,21H2,1-3H3,(H,33,35)/b32-20-. The number of rotatable bonds is 12. The minimum absolute atomic E-state index is 0.0525. The Hall–Kier alpha value is -4.90. The van der Waals surface area contributed by atoms with Gasteiger partial charge in [0.05, 0.1) is 35.6 Å². The van der Waals surface area contributed by atoms with Gasteiger partial charge in [0.25, 0.3) is 15.9 Å². The molecule has 0 aliphatic heterocycles. The van der Waals surface area contributed by atoms with Crippen LogP contribution in [0.1, 0.15) is 35.5 Å². The van der Waals surface area contributed by atoms with Crippen LogP contribution >= 0.6 is 0 Å². The van der Waals surface area contributed by atoms with E-state index >= 15 is 0 Å². The van der Waals surface area contributed by atoms with Gasteiger partial charge in [-0.3, -0.25) is 9.10 Å². The molecule has 0 fully saturated rings. The van der Waals surface area contributed by atoms with E-state index in [2.05, 4.69) is 10.5 Å². The molecule has 218 valence electrons. The van der Waals surface area contributed by atoms with Gasteiger partial charge in [0.2, 0.25) is 0 Å². The molecule has 11 heteroatoms. The Morgan fingerprint density at radius 1 is 0.905 bits per heavy atom. The molecule has 4 rings (SSSR count). The van der Waals surface area contributed by atoms with Crippen molar-refractivity contribution in [1.82, 2.24) is 5.43 Å². The molecule has 1 amide bonds. The number of hydrogen-bond acceptors (Lipinski definition) is 8. The van der Waals surface area contributed by atoms with Crippen molar-refractivity contribution in [2.45, 2.75) is 25.7 Å². The van der Waals surface area contributed by atoms with Gasteiger partial charge >= 0.3 is 5.97 Å². The Morgan fingerprint density at radius 2 is 1.60 bits per heavy atom. The Bertz CT molecular complexity index is 1640. The van der Waals surface area contributed by atoms with Crippen molar-refractivity contribution >= 4 is 33.8 Å². The third kappa shape index (κ3) is 7.43. The molecule has 0 saturated heterocycles. The van der Waals surface area contributed by atoms with Gasteiger partial charge in [-0.1, -0.05) is 29.8 Å². The van der Waals surface area contributed by atoms with Crippen LogP contribution < -0.4 is 14.5 Å². The van der Waals surface area contributed by atoms with Crippen LogP contribution in [-0.2, 0) is 19.6 Å². The summed E-state index contributed by atoms with van der Waals surface area (Å²) in [6.45, 7) is 5.69. The van der Waals surface area contributed by atoms with Crippen LogP contribution in [0.4, 0.5) is 5.69 Å². The molecule has 0 radical (unpaired) electrons. The van der Waals surface area contributed by atoms with Crippen molar-refractivity contribution in [2.75, 3.05) is 24.1 Å². The summed E-state index contributed by atoms with van der Waals surface area (Å²) in [5.41, 5.74) is 4.73. The number of carbonyl (C=O) groups is 2. The molecule has 42 heavy (non-hydrogen) atoms. The zero-order chi connectivity index (χ0) is 30.1. The van der Waals surface area contributed by atoms with E-state index in [0.29, 0.717) is 41.7 Å². The van der Waals surface area contributed by atoms with Crippen LogP contribution in [0.3, 0.4) is 0 Å². The molecule has 0 bridgehead atoms. The number of benzene rings is 3. The fourth-order valence-corrected chi connectivity index (χ4v) is 5.34. The lowest BCUT2D eigenvalue weighted by molar-refractivity contribution is -0.119.